The molecule has 0 heterocycles. The van der Waals surface area contributed by atoms with Gasteiger partial charge in [0.05, 0.1) is 16.6 Å². The summed E-state index contributed by atoms with van der Waals surface area (Å²) < 4.78 is 26.4. The molecule has 0 saturated heterocycles. The van der Waals surface area contributed by atoms with Crippen LogP contribution in [-0.2, 0) is 10.0 Å². The van der Waals surface area contributed by atoms with Gasteiger partial charge in [0.1, 0.15) is 4.90 Å². The van der Waals surface area contributed by atoms with Gasteiger partial charge in [-0.05, 0) is 18.2 Å². The predicted molar refractivity (Wildman–Crippen MR) is 71.1 cm³/mol. The molecular weight excluding hydrogens is 336 g/mol. The first-order chi connectivity index (χ1) is 7.33. The van der Waals surface area contributed by atoms with Gasteiger partial charge in [-0.15, -0.1) is 0 Å². The van der Waals surface area contributed by atoms with Gasteiger partial charge in [-0.3, -0.25) is 0 Å². The SMILES string of the molecule is NC(=S)CNS(=O)(=O)c1ccc(Br)cc1Cl. The molecule has 88 valence electrons. The lowest BCUT2D eigenvalue weighted by atomic mass is 10.4. The van der Waals surface area contributed by atoms with Crippen LogP contribution in [-0.4, -0.2) is 20.0 Å². The molecule has 0 aromatic heterocycles. The quantitative estimate of drug-likeness (QED) is 0.816. The number of nitrogens with two attached hydrogens (primary N) is 1. The Hall–Kier alpha value is -0.210. The molecule has 1 aromatic carbocycles. The van der Waals surface area contributed by atoms with Crippen molar-refractivity contribution in [3.63, 3.8) is 0 Å². The highest BCUT2D eigenvalue weighted by atomic mass is 79.9. The fourth-order valence-electron chi connectivity index (χ4n) is 0.937. The zero-order valence-electron chi connectivity index (χ0n) is 7.91. The molecule has 8 heteroatoms. The van der Waals surface area contributed by atoms with Crippen LogP contribution >= 0.6 is 39.7 Å². The summed E-state index contributed by atoms with van der Waals surface area (Å²) in [6, 6.07) is 4.48. The molecule has 3 N–H and O–H groups in total. The molecule has 0 aliphatic carbocycles. The third-order valence-corrected chi connectivity index (χ3v) is 4.14. The van der Waals surface area contributed by atoms with E-state index in [2.05, 4.69) is 32.9 Å². The van der Waals surface area contributed by atoms with Gasteiger partial charge in [-0.1, -0.05) is 39.7 Å². The Labute approximate surface area is 112 Å². The van der Waals surface area contributed by atoms with Crippen LogP contribution in [0, 0.1) is 0 Å². The highest BCUT2D eigenvalue weighted by Gasteiger charge is 2.17. The van der Waals surface area contributed by atoms with Gasteiger partial charge in [-0.25, -0.2) is 13.1 Å². The number of nitrogens with one attached hydrogen (secondary N) is 1. The summed E-state index contributed by atoms with van der Waals surface area (Å²) in [6.07, 6.45) is 0. The molecular formula is C8H8BrClN2O2S2. The van der Waals surface area contributed by atoms with Crippen molar-refractivity contribution in [3.05, 3.63) is 27.7 Å². The molecule has 0 bridgehead atoms. The highest BCUT2D eigenvalue weighted by molar-refractivity contribution is 9.10. The van der Waals surface area contributed by atoms with Gasteiger partial charge in [0.25, 0.3) is 0 Å². The van der Waals surface area contributed by atoms with Crippen molar-refractivity contribution in [1.82, 2.24) is 4.72 Å². The standard InChI is InChI=1S/C8H8BrClN2O2S2/c9-5-1-2-7(6(10)3-5)16(13,14)12-4-8(11)15/h1-3,12H,4H2,(H2,11,15). The van der Waals surface area contributed by atoms with E-state index in [0.29, 0.717) is 4.47 Å². The molecule has 1 aromatic rings. The van der Waals surface area contributed by atoms with Crippen molar-refractivity contribution < 1.29 is 8.42 Å². The molecule has 4 nitrogen and oxygen atoms in total. The maximum atomic E-state index is 11.7. The van der Waals surface area contributed by atoms with Crippen LogP contribution in [0.2, 0.25) is 5.02 Å². The monoisotopic (exact) mass is 342 g/mol. The second-order valence-corrected chi connectivity index (χ2v) is 6.45. The summed E-state index contributed by atoms with van der Waals surface area (Å²) in [5, 5.41) is 0.129. The maximum Gasteiger partial charge on any atom is 0.242 e. The lowest BCUT2D eigenvalue weighted by Crippen LogP contribution is -2.32. The van der Waals surface area contributed by atoms with E-state index >= 15 is 0 Å². The van der Waals surface area contributed by atoms with Gasteiger partial charge in [0.15, 0.2) is 0 Å². The van der Waals surface area contributed by atoms with E-state index < -0.39 is 10.0 Å². The Bertz CT molecular complexity index is 519. The average molecular weight is 344 g/mol. The fourth-order valence-corrected chi connectivity index (χ4v) is 3.14. The summed E-state index contributed by atoms with van der Waals surface area (Å²) in [4.78, 5) is 0.0606. The van der Waals surface area contributed by atoms with Gasteiger partial charge in [0.2, 0.25) is 10.0 Å². The van der Waals surface area contributed by atoms with E-state index in [-0.39, 0.29) is 21.5 Å². The molecule has 0 fully saturated rings. The second-order valence-electron chi connectivity index (χ2n) is 2.87. The third-order valence-electron chi connectivity index (χ3n) is 1.62. The summed E-state index contributed by atoms with van der Waals surface area (Å²) in [6.45, 7) is -0.0932. The zero-order chi connectivity index (χ0) is 12.3. The first-order valence-corrected chi connectivity index (χ1v) is 7.12. The number of hydrogen-bond donors (Lipinski definition) is 2. The normalized spacial score (nSPS) is 11.4. The van der Waals surface area contributed by atoms with E-state index in [4.69, 9.17) is 17.3 Å². The Morgan fingerprint density at radius 2 is 2.19 bits per heavy atom. The van der Waals surface area contributed by atoms with E-state index in [0.717, 1.165) is 0 Å². The molecule has 0 amide bonds. The first kappa shape index (κ1) is 13.9. The number of rotatable bonds is 4. The first-order valence-electron chi connectivity index (χ1n) is 4.06. The molecule has 0 saturated carbocycles. The topological polar surface area (TPSA) is 72.2 Å². The van der Waals surface area contributed by atoms with Crippen molar-refractivity contribution in [3.8, 4) is 0 Å². The fraction of sp³-hybridized carbons (Fsp3) is 0.125. The van der Waals surface area contributed by atoms with Crippen LogP contribution in [0.15, 0.2) is 27.6 Å². The van der Waals surface area contributed by atoms with Crippen LogP contribution in [0.25, 0.3) is 0 Å². The summed E-state index contributed by atoms with van der Waals surface area (Å²) in [5.41, 5.74) is 5.20. The van der Waals surface area contributed by atoms with Gasteiger partial charge in [-0.2, -0.15) is 0 Å². The second kappa shape index (κ2) is 5.42. The van der Waals surface area contributed by atoms with Crippen LogP contribution in [0.5, 0.6) is 0 Å². The molecule has 0 unspecified atom stereocenters. The molecule has 0 aliphatic heterocycles. The number of thiocarbonyl (C=S) groups is 1. The van der Waals surface area contributed by atoms with Crippen LogP contribution in [0.3, 0.4) is 0 Å². The summed E-state index contributed by atoms with van der Waals surface area (Å²) in [7, 11) is -3.67. The zero-order valence-corrected chi connectivity index (χ0v) is 11.9. The van der Waals surface area contributed by atoms with Crippen LogP contribution in [0.1, 0.15) is 0 Å². The van der Waals surface area contributed by atoms with E-state index in [9.17, 15) is 8.42 Å². The van der Waals surface area contributed by atoms with Crippen molar-refractivity contribution in [2.75, 3.05) is 6.54 Å². The number of benzene rings is 1. The largest absolute Gasteiger partial charge is 0.392 e. The smallest absolute Gasteiger partial charge is 0.242 e. The summed E-state index contributed by atoms with van der Waals surface area (Å²) >= 11 is 13.6. The van der Waals surface area contributed by atoms with E-state index in [1.54, 1.807) is 6.07 Å². The molecule has 0 spiro atoms. The Morgan fingerprint density at radius 3 is 2.69 bits per heavy atom. The van der Waals surface area contributed by atoms with Crippen molar-refractivity contribution in [2.24, 2.45) is 5.73 Å². The minimum atomic E-state index is -3.67. The van der Waals surface area contributed by atoms with Crippen molar-refractivity contribution in [1.29, 1.82) is 0 Å². The van der Waals surface area contributed by atoms with E-state index in [1.165, 1.54) is 12.1 Å². The Balaban J connectivity index is 3.03. The predicted octanol–water partition coefficient (Wildman–Crippen LogP) is 1.67. The van der Waals surface area contributed by atoms with Gasteiger partial charge < -0.3 is 5.73 Å². The molecule has 0 radical (unpaired) electrons. The minimum Gasteiger partial charge on any atom is -0.392 e. The molecule has 1 rings (SSSR count). The van der Waals surface area contributed by atoms with Gasteiger partial charge in [0, 0.05) is 4.47 Å². The Morgan fingerprint density at radius 1 is 1.56 bits per heavy atom. The highest BCUT2D eigenvalue weighted by Crippen LogP contribution is 2.24. The summed E-state index contributed by atoms with van der Waals surface area (Å²) in [5.74, 6) is 0. The van der Waals surface area contributed by atoms with Crippen LogP contribution < -0.4 is 10.5 Å². The van der Waals surface area contributed by atoms with Gasteiger partial charge >= 0.3 is 0 Å². The van der Waals surface area contributed by atoms with E-state index in [1.807, 2.05) is 0 Å². The molecule has 0 aliphatic rings. The molecule has 16 heavy (non-hydrogen) atoms. The third kappa shape index (κ3) is 3.67. The minimum absolute atomic E-state index is 0.00591. The molecule has 0 atom stereocenters. The lowest BCUT2D eigenvalue weighted by Gasteiger charge is -2.07. The average Bonchev–Trinajstić information content (AvgIpc) is 2.14. The van der Waals surface area contributed by atoms with Crippen molar-refractivity contribution >= 4 is 54.8 Å². The number of hydrogen-bond acceptors (Lipinski definition) is 3. The van der Waals surface area contributed by atoms with Crippen molar-refractivity contribution in [2.45, 2.75) is 4.90 Å². The maximum absolute atomic E-state index is 11.7. The lowest BCUT2D eigenvalue weighted by molar-refractivity contribution is 0.586. The Kier molecular flexibility index (Phi) is 4.69. The number of sulfonamides is 1. The number of halogens is 2. The van der Waals surface area contributed by atoms with Crippen LogP contribution in [0.4, 0.5) is 0 Å².